The summed E-state index contributed by atoms with van der Waals surface area (Å²) in [6.07, 6.45) is -5.18. The third kappa shape index (κ3) is 3.50. The van der Waals surface area contributed by atoms with E-state index in [-0.39, 0.29) is 10.4 Å². The number of carbonyl (C=O) groups is 1. The molecule has 0 aliphatic rings. The lowest BCUT2D eigenvalue weighted by Gasteiger charge is -2.14. The van der Waals surface area contributed by atoms with Crippen LogP contribution in [0.2, 0.25) is 0 Å². The predicted molar refractivity (Wildman–Crippen MR) is 82.9 cm³/mol. The molecule has 0 atom stereocenters. The molecule has 1 heterocycles. The first-order valence-corrected chi connectivity index (χ1v) is 7.35. The molecule has 0 bridgehead atoms. The minimum atomic E-state index is -5.18. The van der Waals surface area contributed by atoms with Gasteiger partial charge in [0.15, 0.2) is 0 Å². The number of aliphatic hydroxyl groups excluding tert-OH is 1. The van der Waals surface area contributed by atoms with Crippen molar-refractivity contribution in [3.8, 4) is 0 Å². The minimum Gasteiger partial charge on any atom is -0.506 e. The predicted octanol–water partition coefficient (Wildman–Crippen LogP) is 4.53. The molecular formula is C16H12F3NO2S. The highest BCUT2D eigenvalue weighted by Crippen LogP contribution is 2.30. The summed E-state index contributed by atoms with van der Waals surface area (Å²) in [7, 11) is 0. The summed E-state index contributed by atoms with van der Waals surface area (Å²) in [5.41, 5.74) is -1.02. The van der Waals surface area contributed by atoms with E-state index in [2.05, 4.69) is 0 Å². The fraction of sp³-hybridized carbons (Fsp3) is 0.125. The van der Waals surface area contributed by atoms with Crippen LogP contribution >= 0.6 is 11.3 Å². The van der Waals surface area contributed by atoms with Crippen LogP contribution in [0.15, 0.2) is 47.4 Å². The van der Waals surface area contributed by atoms with Gasteiger partial charge in [0.1, 0.15) is 5.76 Å². The van der Waals surface area contributed by atoms with Gasteiger partial charge in [-0.2, -0.15) is 13.2 Å². The van der Waals surface area contributed by atoms with E-state index in [4.69, 9.17) is 5.41 Å². The number of benzene rings is 1. The average Bonchev–Trinajstić information content (AvgIpc) is 3.00. The largest absolute Gasteiger partial charge is 0.506 e. The molecule has 0 saturated carbocycles. The van der Waals surface area contributed by atoms with Crippen molar-refractivity contribution in [2.45, 2.75) is 13.1 Å². The van der Waals surface area contributed by atoms with E-state index >= 15 is 0 Å². The minimum absolute atomic E-state index is 0.0935. The van der Waals surface area contributed by atoms with E-state index in [1.165, 1.54) is 18.2 Å². The highest BCUT2D eigenvalue weighted by molar-refractivity contribution is 7.11. The molecule has 1 aromatic carbocycles. The Bertz CT molecular complexity index is 777. The van der Waals surface area contributed by atoms with Gasteiger partial charge in [-0.1, -0.05) is 30.3 Å². The van der Waals surface area contributed by atoms with Gasteiger partial charge in [-0.05, 0) is 23.9 Å². The van der Waals surface area contributed by atoms with E-state index in [1.807, 2.05) is 0 Å². The van der Waals surface area contributed by atoms with Gasteiger partial charge in [0.05, 0.1) is 16.2 Å². The van der Waals surface area contributed by atoms with Crippen LogP contribution in [0.25, 0.3) is 5.76 Å². The second kappa shape index (κ2) is 6.37. The van der Waals surface area contributed by atoms with Crippen LogP contribution in [0.3, 0.4) is 0 Å². The lowest BCUT2D eigenvalue weighted by atomic mass is 9.94. The van der Waals surface area contributed by atoms with Crippen LogP contribution in [0, 0.1) is 12.3 Å². The van der Waals surface area contributed by atoms with Crippen LogP contribution in [0.4, 0.5) is 13.2 Å². The number of ketones is 1. The molecule has 0 unspecified atom stereocenters. The standard InChI is InChI=1S/C16H12F3NO2S/c1-9-5-2-3-6-10(9)13(20)12(15(22)16(17,18)19)14(21)11-7-4-8-23-11/h2-8,20-21H,1H3/b14-12+,20-13?. The number of nitrogens with one attached hydrogen (secondary N) is 1. The van der Waals surface area contributed by atoms with Crippen molar-refractivity contribution in [2.75, 3.05) is 0 Å². The zero-order valence-electron chi connectivity index (χ0n) is 11.9. The number of aliphatic hydroxyl groups is 1. The van der Waals surface area contributed by atoms with Gasteiger partial charge in [0.25, 0.3) is 5.78 Å². The summed E-state index contributed by atoms with van der Waals surface area (Å²) in [4.78, 5) is 11.8. The van der Waals surface area contributed by atoms with Gasteiger partial charge in [-0.15, -0.1) is 11.3 Å². The fourth-order valence-electron chi connectivity index (χ4n) is 2.01. The van der Waals surface area contributed by atoms with Gasteiger partial charge in [-0.25, -0.2) is 0 Å². The van der Waals surface area contributed by atoms with Crippen LogP contribution in [0.5, 0.6) is 0 Å². The number of aryl methyl sites for hydroxylation is 1. The van der Waals surface area contributed by atoms with Crippen molar-refractivity contribution < 1.29 is 23.1 Å². The molecule has 3 nitrogen and oxygen atoms in total. The first kappa shape index (κ1) is 17.0. The molecule has 23 heavy (non-hydrogen) atoms. The van der Waals surface area contributed by atoms with Gasteiger partial charge < -0.3 is 5.11 Å². The number of rotatable bonds is 4. The number of hydrogen-bond donors (Lipinski definition) is 2. The Morgan fingerprint density at radius 3 is 2.35 bits per heavy atom. The van der Waals surface area contributed by atoms with E-state index in [0.717, 1.165) is 11.3 Å². The second-order valence-electron chi connectivity index (χ2n) is 4.72. The molecule has 2 N–H and O–H groups in total. The average molecular weight is 339 g/mol. The Morgan fingerprint density at radius 2 is 1.83 bits per heavy atom. The number of alkyl halides is 3. The Morgan fingerprint density at radius 1 is 1.17 bits per heavy atom. The molecule has 0 saturated heterocycles. The summed E-state index contributed by atoms with van der Waals surface area (Å²) < 4.78 is 38.7. The number of Topliss-reactive ketones (excluding diaryl/α,β-unsaturated/α-hetero) is 1. The third-order valence-corrected chi connectivity index (χ3v) is 4.02. The van der Waals surface area contributed by atoms with Gasteiger partial charge in [-0.3, -0.25) is 10.2 Å². The summed E-state index contributed by atoms with van der Waals surface area (Å²) in [6, 6.07) is 9.18. The number of carbonyl (C=O) groups excluding carboxylic acids is 1. The van der Waals surface area contributed by atoms with Crippen LogP contribution in [0.1, 0.15) is 16.0 Å². The number of thiophene rings is 1. The van der Waals surface area contributed by atoms with Crippen LogP contribution in [-0.4, -0.2) is 22.8 Å². The topological polar surface area (TPSA) is 61.2 Å². The molecule has 7 heteroatoms. The molecule has 0 aliphatic carbocycles. The molecular weight excluding hydrogens is 327 g/mol. The Labute approximate surface area is 134 Å². The highest BCUT2D eigenvalue weighted by Gasteiger charge is 2.44. The SMILES string of the molecule is Cc1ccccc1C(=N)/C(C(=O)C(F)(F)F)=C(\O)c1cccs1. The van der Waals surface area contributed by atoms with Crippen molar-refractivity contribution in [1.29, 1.82) is 5.41 Å². The van der Waals surface area contributed by atoms with Crippen molar-refractivity contribution in [3.63, 3.8) is 0 Å². The second-order valence-corrected chi connectivity index (χ2v) is 5.67. The maximum Gasteiger partial charge on any atom is 0.455 e. The smallest absolute Gasteiger partial charge is 0.455 e. The summed E-state index contributed by atoms with van der Waals surface area (Å²) in [5, 5.41) is 19.7. The molecule has 0 fully saturated rings. The molecule has 0 aliphatic heterocycles. The molecule has 2 rings (SSSR count). The molecule has 0 radical (unpaired) electrons. The first-order chi connectivity index (χ1) is 10.7. The van der Waals surface area contributed by atoms with Crippen molar-refractivity contribution in [2.24, 2.45) is 0 Å². The van der Waals surface area contributed by atoms with E-state index in [1.54, 1.807) is 30.5 Å². The van der Waals surface area contributed by atoms with Gasteiger partial charge in [0.2, 0.25) is 0 Å². The lowest BCUT2D eigenvalue weighted by Crippen LogP contribution is -2.29. The zero-order chi connectivity index (χ0) is 17.2. The van der Waals surface area contributed by atoms with E-state index in [0.29, 0.717) is 5.56 Å². The number of halogens is 3. The van der Waals surface area contributed by atoms with E-state index < -0.39 is 29.0 Å². The summed E-state index contributed by atoms with van der Waals surface area (Å²) in [6.45, 7) is 1.61. The quantitative estimate of drug-likeness (QED) is 0.488. The molecule has 1 aromatic heterocycles. The van der Waals surface area contributed by atoms with E-state index in [9.17, 15) is 23.1 Å². The third-order valence-electron chi connectivity index (χ3n) is 3.14. The highest BCUT2D eigenvalue weighted by atomic mass is 32.1. The Kier molecular flexibility index (Phi) is 4.70. The maximum atomic E-state index is 12.9. The summed E-state index contributed by atoms with van der Waals surface area (Å²) in [5.74, 6) is -3.08. The molecule has 0 amide bonds. The van der Waals surface area contributed by atoms with Crippen molar-refractivity contribution >= 4 is 28.6 Å². The van der Waals surface area contributed by atoms with Crippen LogP contribution in [-0.2, 0) is 4.79 Å². The molecule has 0 spiro atoms. The van der Waals surface area contributed by atoms with Crippen LogP contribution < -0.4 is 0 Å². The summed E-state index contributed by atoms with van der Waals surface area (Å²) >= 11 is 0.980. The first-order valence-electron chi connectivity index (χ1n) is 6.47. The van der Waals surface area contributed by atoms with Gasteiger partial charge >= 0.3 is 6.18 Å². The fourth-order valence-corrected chi connectivity index (χ4v) is 2.68. The van der Waals surface area contributed by atoms with Crippen molar-refractivity contribution in [3.05, 3.63) is 63.4 Å². The monoisotopic (exact) mass is 339 g/mol. The normalized spacial score (nSPS) is 12.7. The van der Waals surface area contributed by atoms with Gasteiger partial charge in [0, 0.05) is 5.56 Å². The lowest BCUT2D eigenvalue weighted by molar-refractivity contribution is -0.165. The zero-order valence-corrected chi connectivity index (χ0v) is 12.8. The number of allylic oxidation sites excluding steroid dienone is 1. The maximum absolute atomic E-state index is 12.9. The van der Waals surface area contributed by atoms with Crippen molar-refractivity contribution in [1.82, 2.24) is 0 Å². The molecule has 120 valence electrons. The number of hydrogen-bond acceptors (Lipinski definition) is 4. The Balaban J connectivity index is 2.64. The molecule has 2 aromatic rings. The Hall–Kier alpha value is -2.41.